The van der Waals surface area contributed by atoms with E-state index in [2.05, 4.69) is 14.9 Å². The van der Waals surface area contributed by atoms with Gasteiger partial charge in [-0.1, -0.05) is 0 Å². The van der Waals surface area contributed by atoms with Crippen LogP contribution < -0.4 is 5.32 Å². The summed E-state index contributed by atoms with van der Waals surface area (Å²) in [5.41, 5.74) is 0. The summed E-state index contributed by atoms with van der Waals surface area (Å²) in [6, 6.07) is 0.633. The van der Waals surface area contributed by atoms with Crippen molar-refractivity contribution in [3.63, 3.8) is 0 Å². The minimum atomic E-state index is 0.465. The highest BCUT2D eigenvalue weighted by molar-refractivity contribution is 4.89. The lowest BCUT2D eigenvalue weighted by Crippen LogP contribution is -2.30. The molecule has 0 bridgehead atoms. The maximum absolute atomic E-state index is 5.36. The molecule has 90 valence electrons. The third kappa shape index (κ3) is 2.83. The zero-order valence-corrected chi connectivity index (χ0v) is 10.1. The Morgan fingerprint density at radius 3 is 3.06 bits per heavy atom. The van der Waals surface area contributed by atoms with Crippen molar-refractivity contribution in [2.24, 2.45) is 0 Å². The predicted molar refractivity (Wildman–Crippen MR) is 63.4 cm³/mol. The molecule has 2 rings (SSSR count). The molecule has 1 aromatic rings. The van der Waals surface area contributed by atoms with Gasteiger partial charge >= 0.3 is 0 Å². The second kappa shape index (κ2) is 5.46. The normalized spacial score (nSPS) is 25.1. The number of nitrogens with zero attached hydrogens (tertiary/aromatic N) is 2. The Bertz CT molecular complexity index is 324. The molecular formula is C12H21N3O. The molecule has 0 amide bonds. The van der Waals surface area contributed by atoms with E-state index in [-0.39, 0.29) is 0 Å². The zero-order valence-electron chi connectivity index (χ0n) is 10.1. The summed E-state index contributed by atoms with van der Waals surface area (Å²) in [7, 11) is 1.81. The van der Waals surface area contributed by atoms with E-state index in [4.69, 9.17) is 4.74 Å². The summed E-state index contributed by atoms with van der Waals surface area (Å²) in [4.78, 5) is 4.21. The standard InChI is InChI=1S/C12H21N3O/c1-10-13-5-7-15(10)8-6-14-11-3-4-12(9-11)16-2/h5,7,11-12,14H,3-4,6,8-9H2,1-2H3. The van der Waals surface area contributed by atoms with Gasteiger partial charge in [0.05, 0.1) is 6.10 Å². The van der Waals surface area contributed by atoms with E-state index < -0.39 is 0 Å². The van der Waals surface area contributed by atoms with Crippen LogP contribution in [0.2, 0.25) is 0 Å². The van der Waals surface area contributed by atoms with E-state index in [9.17, 15) is 0 Å². The first-order valence-corrected chi connectivity index (χ1v) is 6.03. The Hall–Kier alpha value is -0.870. The number of imidazole rings is 1. The van der Waals surface area contributed by atoms with E-state index >= 15 is 0 Å². The largest absolute Gasteiger partial charge is 0.381 e. The van der Waals surface area contributed by atoms with Gasteiger partial charge in [0.1, 0.15) is 5.82 Å². The molecule has 1 saturated carbocycles. The topological polar surface area (TPSA) is 39.1 Å². The molecule has 0 saturated heterocycles. The summed E-state index contributed by atoms with van der Waals surface area (Å²) >= 11 is 0. The molecule has 1 aliphatic rings. The van der Waals surface area contributed by atoms with E-state index in [1.54, 1.807) is 0 Å². The highest BCUT2D eigenvalue weighted by Gasteiger charge is 2.23. The fourth-order valence-corrected chi connectivity index (χ4v) is 2.37. The van der Waals surface area contributed by atoms with Gasteiger partial charge in [0.15, 0.2) is 0 Å². The van der Waals surface area contributed by atoms with Crippen molar-refractivity contribution in [2.75, 3.05) is 13.7 Å². The number of aryl methyl sites for hydroxylation is 1. The van der Waals surface area contributed by atoms with Crippen molar-refractivity contribution in [2.45, 2.75) is 44.9 Å². The van der Waals surface area contributed by atoms with Crippen LogP contribution in [0.4, 0.5) is 0 Å². The van der Waals surface area contributed by atoms with Gasteiger partial charge in [-0.15, -0.1) is 0 Å². The van der Waals surface area contributed by atoms with Crippen LogP contribution in [0.1, 0.15) is 25.1 Å². The highest BCUT2D eigenvalue weighted by atomic mass is 16.5. The first-order valence-electron chi connectivity index (χ1n) is 6.03. The van der Waals surface area contributed by atoms with Gasteiger partial charge in [-0.05, 0) is 26.2 Å². The highest BCUT2D eigenvalue weighted by Crippen LogP contribution is 2.21. The molecular weight excluding hydrogens is 202 g/mol. The molecule has 0 radical (unpaired) electrons. The number of nitrogens with one attached hydrogen (secondary N) is 1. The predicted octanol–water partition coefficient (Wildman–Crippen LogP) is 1.35. The van der Waals surface area contributed by atoms with Gasteiger partial charge in [0.25, 0.3) is 0 Å². The average molecular weight is 223 g/mol. The monoisotopic (exact) mass is 223 g/mol. The van der Waals surface area contributed by atoms with Gasteiger partial charge in [-0.2, -0.15) is 0 Å². The molecule has 4 nitrogen and oxygen atoms in total. The molecule has 1 aliphatic carbocycles. The second-order valence-electron chi connectivity index (χ2n) is 4.49. The third-order valence-corrected chi connectivity index (χ3v) is 3.43. The lowest BCUT2D eigenvalue weighted by atomic mass is 10.2. The number of aromatic nitrogens is 2. The number of hydrogen-bond acceptors (Lipinski definition) is 3. The van der Waals surface area contributed by atoms with Crippen molar-refractivity contribution < 1.29 is 4.74 Å². The first-order chi connectivity index (χ1) is 7.79. The second-order valence-corrected chi connectivity index (χ2v) is 4.49. The van der Waals surface area contributed by atoms with E-state index in [1.807, 2.05) is 26.4 Å². The summed E-state index contributed by atoms with van der Waals surface area (Å²) in [5, 5.41) is 3.58. The molecule has 16 heavy (non-hydrogen) atoms. The molecule has 4 heteroatoms. The van der Waals surface area contributed by atoms with Crippen LogP contribution >= 0.6 is 0 Å². The SMILES string of the molecule is COC1CCC(NCCn2ccnc2C)C1. The Labute approximate surface area is 97.0 Å². The number of rotatable bonds is 5. The smallest absolute Gasteiger partial charge is 0.105 e. The van der Waals surface area contributed by atoms with Crippen LogP contribution in [-0.4, -0.2) is 35.4 Å². The first kappa shape index (κ1) is 11.6. The van der Waals surface area contributed by atoms with E-state index in [0.717, 1.165) is 25.3 Å². The van der Waals surface area contributed by atoms with Crippen LogP contribution in [0.15, 0.2) is 12.4 Å². The maximum atomic E-state index is 5.36. The molecule has 1 aromatic heterocycles. The number of hydrogen-bond donors (Lipinski definition) is 1. The van der Waals surface area contributed by atoms with Crippen molar-refractivity contribution in [1.82, 2.24) is 14.9 Å². The summed E-state index contributed by atoms with van der Waals surface area (Å²) < 4.78 is 7.53. The van der Waals surface area contributed by atoms with Crippen LogP contribution in [-0.2, 0) is 11.3 Å². The third-order valence-electron chi connectivity index (χ3n) is 3.43. The van der Waals surface area contributed by atoms with Gasteiger partial charge in [-0.25, -0.2) is 4.98 Å². The van der Waals surface area contributed by atoms with Crippen molar-refractivity contribution >= 4 is 0 Å². The van der Waals surface area contributed by atoms with Crippen molar-refractivity contribution in [3.8, 4) is 0 Å². The van der Waals surface area contributed by atoms with Crippen LogP contribution in [0.3, 0.4) is 0 Å². The number of ether oxygens (including phenoxy) is 1. The summed E-state index contributed by atoms with van der Waals surface area (Å²) in [6.45, 7) is 4.05. The van der Waals surface area contributed by atoms with Gasteiger partial charge in [0, 0.05) is 38.6 Å². The van der Waals surface area contributed by atoms with Gasteiger partial charge in [0.2, 0.25) is 0 Å². The maximum Gasteiger partial charge on any atom is 0.105 e. The Balaban J connectivity index is 1.67. The molecule has 2 atom stereocenters. The quantitative estimate of drug-likeness (QED) is 0.819. The summed E-state index contributed by atoms with van der Waals surface area (Å²) in [6.07, 6.45) is 7.93. The lowest BCUT2D eigenvalue weighted by molar-refractivity contribution is 0.107. The van der Waals surface area contributed by atoms with Crippen LogP contribution in [0, 0.1) is 6.92 Å². The zero-order chi connectivity index (χ0) is 11.4. The molecule has 0 aliphatic heterocycles. The minimum absolute atomic E-state index is 0.465. The minimum Gasteiger partial charge on any atom is -0.381 e. The molecule has 2 unspecified atom stereocenters. The fourth-order valence-electron chi connectivity index (χ4n) is 2.37. The molecule has 0 spiro atoms. The Morgan fingerprint density at radius 2 is 2.44 bits per heavy atom. The van der Waals surface area contributed by atoms with Crippen molar-refractivity contribution in [3.05, 3.63) is 18.2 Å². The van der Waals surface area contributed by atoms with Crippen molar-refractivity contribution in [1.29, 1.82) is 0 Å². The molecule has 1 fully saturated rings. The molecule has 0 aromatic carbocycles. The van der Waals surface area contributed by atoms with Crippen LogP contribution in [0.25, 0.3) is 0 Å². The Morgan fingerprint density at radius 1 is 1.56 bits per heavy atom. The number of methoxy groups -OCH3 is 1. The lowest BCUT2D eigenvalue weighted by Gasteiger charge is -2.13. The van der Waals surface area contributed by atoms with E-state index in [0.29, 0.717) is 12.1 Å². The molecule has 1 N–H and O–H groups in total. The average Bonchev–Trinajstić information content (AvgIpc) is 2.89. The molecule has 1 heterocycles. The summed E-state index contributed by atoms with van der Waals surface area (Å²) in [5.74, 6) is 1.09. The van der Waals surface area contributed by atoms with Gasteiger partial charge < -0.3 is 14.6 Å². The van der Waals surface area contributed by atoms with Crippen LogP contribution in [0.5, 0.6) is 0 Å². The van der Waals surface area contributed by atoms with Gasteiger partial charge in [-0.3, -0.25) is 0 Å². The Kier molecular flexibility index (Phi) is 3.96. The van der Waals surface area contributed by atoms with E-state index in [1.165, 1.54) is 12.8 Å². The fraction of sp³-hybridized carbons (Fsp3) is 0.750.